The van der Waals surface area contributed by atoms with E-state index in [0.717, 1.165) is 0 Å². The topological polar surface area (TPSA) is 121 Å². The van der Waals surface area contributed by atoms with Crippen LogP contribution in [0.2, 0.25) is 0 Å². The van der Waals surface area contributed by atoms with E-state index in [1.807, 2.05) is 0 Å². The van der Waals surface area contributed by atoms with Gasteiger partial charge in [-0.25, -0.2) is 0 Å². The minimum atomic E-state index is -1.16. The molecular formula is C13H16N2O5. The first-order valence-electron chi connectivity index (χ1n) is 5.87. The predicted octanol–water partition coefficient (Wildman–Crippen LogP) is 0.324. The Kier molecular flexibility index (Phi) is 5.22. The lowest BCUT2D eigenvalue weighted by Crippen LogP contribution is -2.35. The van der Waals surface area contributed by atoms with Gasteiger partial charge in [0.15, 0.2) is 5.78 Å². The number of hydrogen-bond donors (Lipinski definition) is 3. The van der Waals surface area contributed by atoms with Gasteiger partial charge in [-0.3, -0.25) is 14.4 Å². The highest BCUT2D eigenvalue weighted by Gasteiger charge is 2.18. The van der Waals surface area contributed by atoms with Crippen molar-refractivity contribution in [3.8, 4) is 0 Å². The Bertz CT molecular complexity index is 526. The Balaban J connectivity index is 3.27. The monoisotopic (exact) mass is 280 g/mol. The van der Waals surface area contributed by atoms with Gasteiger partial charge in [0.2, 0.25) is 0 Å². The van der Waals surface area contributed by atoms with Crippen molar-refractivity contribution in [1.82, 2.24) is 0 Å². The van der Waals surface area contributed by atoms with Gasteiger partial charge in [-0.2, -0.15) is 0 Å². The van der Waals surface area contributed by atoms with Gasteiger partial charge in [0.1, 0.15) is 13.1 Å². The van der Waals surface area contributed by atoms with Crippen molar-refractivity contribution >= 4 is 23.4 Å². The van der Waals surface area contributed by atoms with Gasteiger partial charge in [-0.15, -0.1) is 0 Å². The smallest absolute Gasteiger partial charge is 0.323 e. The second-order valence-corrected chi connectivity index (χ2v) is 4.25. The molecular weight excluding hydrogens is 264 g/mol. The van der Waals surface area contributed by atoms with Crippen LogP contribution in [0.4, 0.5) is 5.69 Å². The van der Waals surface area contributed by atoms with Crippen LogP contribution in [0.5, 0.6) is 0 Å². The minimum Gasteiger partial charge on any atom is -0.480 e. The third-order valence-corrected chi connectivity index (χ3v) is 2.70. The number of hydrogen-bond acceptors (Lipinski definition) is 5. The molecule has 1 aromatic carbocycles. The molecule has 0 unspecified atom stereocenters. The number of aliphatic carboxylic acids is 2. The van der Waals surface area contributed by atoms with Crippen LogP contribution >= 0.6 is 0 Å². The SMILES string of the molecule is CC(=O)c1ccc(CN)c(N(CC(=O)O)CC(=O)O)c1. The highest BCUT2D eigenvalue weighted by atomic mass is 16.4. The lowest BCUT2D eigenvalue weighted by molar-refractivity contribution is -0.136. The van der Waals surface area contributed by atoms with Gasteiger partial charge in [-0.05, 0) is 18.6 Å². The number of carboxylic acids is 2. The first-order valence-corrected chi connectivity index (χ1v) is 5.87. The molecule has 0 saturated heterocycles. The van der Waals surface area contributed by atoms with Crippen molar-refractivity contribution in [3.63, 3.8) is 0 Å². The van der Waals surface area contributed by atoms with Crippen molar-refractivity contribution in [1.29, 1.82) is 0 Å². The third kappa shape index (κ3) is 4.06. The fourth-order valence-corrected chi connectivity index (χ4v) is 1.80. The maximum atomic E-state index is 11.4. The van der Waals surface area contributed by atoms with Crippen LogP contribution in [0, 0.1) is 0 Å². The lowest BCUT2D eigenvalue weighted by Gasteiger charge is -2.24. The number of ketones is 1. The predicted molar refractivity (Wildman–Crippen MR) is 71.8 cm³/mol. The number of nitrogens with zero attached hydrogens (tertiary/aromatic N) is 1. The van der Waals surface area contributed by atoms with E-state index in [-0.39, 0.29) is 12.3 Å². The molecule has 0 saturated carbocycles. The summed E-state index contributed by atoms with van der Waals surface area (Å²) in [6.07, 6.45) is 0. The van der Waals surface area contributed by atoms with E-state index in [9.17, 15) is 14.4 Å². The van der Waals surface area contributed by atoms with Crippen LogP contribution in [0.25, 0.3) is 0 Å². The van der Waals surface area contributed by atoms with E-state index >= 15 is 0 Å². The zero-order valence-electron chi connectivity index (χ0n) is 11.0. The molecule has 7 heteroatoms. The van der Waals surface area contributed by atoms with Gasteiger partial charge < -0.3 is 20.8 Å². The Labute approximate surface area is 115 Å². The molecule has 0 amide bonds. The number of carboxylic acid groups (broad SMARTS) is 2. The Morgan fingerprint density at radius 2 is 1.70 bits per heavy atom. The fraction of sp³-hybridized carbons (Fsp3) is 0.308. The summed E-state index contributed by atoms with van der Waals surface area (Å²) in [7, 11) is 0. The van der Waals surface area contributed by atoms with E-state index in [4.69, 9.17) is 15.9 Å². The number of rotatable bonds is 7. The molecule has 0 radical (unpaired) electrons. The van der Waals surface area contributed by atoms with Gasteiger partial charge in [0, 0.05) is 17.8 Å². The zero-order valence-corrected chi connectivity index (χ0v) is 11.0. The molecule has 0 atom stereocenters. The zero-order chi connectivity index (χ0) is 15.3. The Hall–Kier alpha value is -2.41. The van der Waals surface area contributed by atoms with E-state index in [1.54, 1.807) is 12.1 Å². The Morgan fingerprint density at radius 3 is 2.10 bits per heavy atom. The number of carbonyl (C=O) groups is 3. The van der Waals surface area contributed by atoms with Gasteiger partial charge in [0.05, 0.1) is 0 Å². The molecule has 0 aromatic heterocycles. The van der Waals surface area contributed by atoms with Crippen LogP contribution in [0.3, 0.4) is 0 Å². The van der Waals surface area contributed by atoms with Crippen LogP contribution in [-0.4, -0.2) is 41.0 Å². The summed E-state index contributed by atoms with van der Waals surface area (Å²) in [6, 6.07) is 4.65. The second-order valence-electron chi connectivity index (χ2n) is 4.25. The molecule has 20 heavy (non-hydrogen) atoms. The molecule has 7 nitrogen and oxygen atoms in total. The summed E-state index contributed by atoms with van der Waals surface area (Å²) in [4.78, 5) is 34.2. The van der Waals surface area contributed by atoms with Crippen LogP contribution < -0.4 is 10.6 Å². The van der Waals surface area contributed by atoms with E-state index in [1.165, 1.54) is 17.9 Å². The number of anilines is 1. The van der Waals surface area contributed by atoms with Crippen LogP contribution in [0.1, 0.15) is 22.8 Å². The first-order chi connectivity index (χ1) is 9.35. The van der Waals surface area contributed by atoms with Crippen molar-refractivity contribution in [2.24, 2.45) is 5.73 Å². The van der Waals surface area contributed by atoms with Crippen LogP contribution in [0.15, 0.2) is 18.2 Å². The van der Waals surface area contributed by atoms with E-state index in [0.29, 0.717) is 16.8 Å². The minimum absolute atomic E-state index is 0.114. The van der Waals surface area contributed by atoms with E-state index < -0.39 is 25.0 Å². The van der Waals surface area contributed by atoms with Gasteiger partial charge in [-0.1, -0.05) is 12.1 Å². The first kappa shape index (κ1) is 15.6. The summed E-state index contributed by atoms with van der Waals surface area (Å²) in [6.45, 7) is 0.518. The Morgan fingerprint density at radius 1 is 1.15 bits per heavy atom. The van der Waals surface area contributed by atoms with Crippen molar-refractivity contribution in [2.75, 3.05) is 18.0 Å². The quantitative estimate of drug-likeness (QED) is 0.615. The maximum Gasteiger partial charge on any atom is 0.323 e. The molecule has 0 aliphatic heterocycles. The van der Waals surface area contributed by atoms with Gasteiger partial charge in [0.25, 0.3) is 0 Å². The number of carbonyl (C=O) groups excluding carboxylic acids is 1. The average Bonchev–Trinajstić information content (AvgIpc) is 2.36. The molecule has 108 valence electrons. The van der Waals surface area contributed by atoms with Crippen molar-refractivity contribution < 1.29 is 24.6 Å². The normalized spacial score (nSPS) is 10.1. The molecule has 0 heterocycles. The summed E-state index contributed by atoms with van der Waals surface area (Å²) in [5, 5.41) is 17.7. The third-order valence-electron chi connectivity index (χ3n) is 2.70. The van der Waals surface area contributed by atoms with Gasteiger partial charge >= 0.3 is 11.9 Å². The molecule has 0 fully saturated rings. The second kappa shape index (κ2) is 6.67. The highest BCUT2D eigenvalue weighted by Crippen LogP contribution is 2.22. The van der Waals surface area contributed by atoms with E-state index in [2.05, 4.69) is 0 Å². The standard InChI is InChI=1S/C13H16N2O5/c1-8(16)9-2-3-10(5-14)11(4-9)15(6-12(17)18)7-13(19)20/h2-4H,5-7,14H2,1H3,(H,17,18)(H,19,20). The molecule has 0 bridgehead atoms. The van der Waals surface area contributed by atoms with Crippen molar-refractivity contribution in [3.05, 3.63) is 29.3 Å². The molecule has 1 aromatic rings. The van der Waals surface area contributed by atoms with Crippen LogP contribution in [-0.2, 0) is 16.1 Å². The molecule has 0 spiro atoms. The summed E-state index contributed by atoms with van der Waals surface area (Å²) < 4.78 is 0. The van der Waals surface area contributed by atoms with Crippen molar-refractivity contribution in [2.45, 2.75) is 13.5 Å². The summed E-state index contributed by atoms with van der Waals surface area (Å²) in [5.74, 6) is -2.52. The fourth-order valence-electron chi connectivity index (χ4n) is 1.80. The molecule has 0 aliphatic rings. The number of Topliss-reactive ketones (excluding diaryl/α,β-unsaturated/α-hetero) is 1. The lowest BCUT2D eigenvalue weighted by atomic mass is 10.1. The maximum absolute atomic E-state index is 11.4. The molecule has 0 aliphatic carbocycles. The highest BCUT2D eigenvalue weighted by molar-refractivity contribution is 5.95. The molecule has 4 N–H and O–H groups in total. The summed E-state index contributed by atoms with van der Waals surface area (Å²) >= 11 is 0. The average molecular weight is 280 g/mol. The summed E-state index contributed by atoms with van der Waals surface area (Å²) in [5.41, 5.74) is 6.88. The largest absolute Gasteiger partial charge is 0.480 e. The number of benzene rings is 1. The number of nitrogens with two attached hydrogens (primary N) is 1. The molecule has 1 rings (SSSR count).